The van der Waals surface area contributed by atoms with Crippen LogP contribution >= 0.6 is 34.4 Å². The fourth-order valence-electron chi connectivity index (χ4n) is 2.33. The van der Waals surface area contributed by atoms with Gasteiger partial charge in [0.2, 0.25) is 5.91 Å². The van der Waals surface area contributed by atoms with Crippen molar-refractivity contribution in [3.63, 3.8) is 0 Å². The average Bonchev–Trinajstić information content (AvgIpc) is 3.01. The van der Waals surface area contributed by atoms with E-state index in [9.17, 15) is 4.79 Å². The first kappa shape index (κ1) is 18.7. The Labute approximate surface area is 169 Å². The Hall–Kier alpha value is -2.07. The van der Waals surface area contributed by atoms with Crippen LogP contribution in [-0.2, 0) is 11.8 Å². The predicted molar refractivity (Wildman–Crippen MR) is 112 cm³/mol. The number of ether oxygens (including phenoxy) is 1. The standard InChI is InChI=1S/C18H17IN4O2S/c1-23-17(12-6-8-15(25-2)9-7-12)21-22-18(23)26-11-16(24)20-14-5-3-4-13(19)10-14/h3-10H,11H2,1-2H3,(H,20,24). The molecule has 0 unspecified atom stereocenters. The Balaban J connectivity index is 1.63. The van der Waals surface area contributed by atoms with Crippen molar-refractivity contribution in [3.05, 3.63) is 52.1 Å². The van der Waals surface area contributed by atoms with Crippen LogP contribution in [0.4, 0.5) is 5.69 Å². The van der Waals surface area contributed by atoms with Crippen LogP contribution in [0.25, 0.3) is 11.4 Å². The van der Waals surface area contributed by atoms with Gasteiger partial charge in [-0.3, -0.25) is 4.79 Å². The highest BCUT2D eigenvalue weighted by molar-refractivity contribution is 14.1. The third-order valence-corrected chi connectivity index (χ3v) is 5.32. The van der Waals surface area contributed by atoms with Crippen molar-refractivity contribution in [1.29, 1.82) is 0 Å². The van der Waals surface area contributed by atoms with Crippen molar-refractivity contribution >= 4 is 45.9 Å². The van der Waals surface area contributed by atoms with E-state index in [1.54, 1.807) is 7.11 Å². The topological polar surface area (TPSA) is 69.0 Å². The third kappa shape index (κ3) is 4.55. The maximum absolute atomic E-state index is 12.1. The molecule has 134 valence electrons. The number of rotatable bonds is 6. The SMILES string of the molecule is COc1ccc(-c2nnc(SCC(=O)Nc3cccc(I)c3)n2C)cc1. The summed E-state index contributed by atoms with van der Waals surface area (Å²) in [5.41, 5.74) is 1.73. The van der Waals surface area contributed by atoms with E-state index in [1.807, 2.05) is 60.1 Å². The summed E-state index contributed by atoms with van der Waals surface area (Å²) < 4.78 is 8.12. The fraction of sp³-hybridized carbons (Fsp3) is 0.167. The number of hydrogen-bond donors (Lipinski definition) is 1. The molecule has 1 N–H and O–H groups in total. The number of nitrogens with one attached hydrogen (secondary N) is 1. The predicted octanol–water partition coefficient (Wildman–Crippen LogP) is 3.83. The molecule has 0 aliphatic heterocycles. The van der Waals surface area contributed by atoms with Crippen LogP contribution in [0.1, 0.15) is 0 Å². The number of carbonyl (C=O) groups excluding carboxylic acids is 1. The second kappa shape index (κ2) is 8.54. The van der Waals surface area contributed by atoms with Crippen LogP contribution in [0.5, 0.6) is 5.75 Å². The summed E-state index contributed by atoms with van der Waals surface area (Å²) >= 11 is 3.57. The first-order chi connectivity index (χ1) is 12.6. The Morgan fingerprint density at radius 2 is 2.00 bits per heavy atom. The van der Waals surface area contributed by atoms with Crippen molar-refractivity contribution in [3.8, 4) is 17.1 Å². The number of thioether (sulfide) groups is 1. The van der Waals surface area contributed by atoms with E-state index in [1.165, 1.54) is 11.8 Å². The van der Waals surface area contributed by atoms with Crippen LogP contribution < -0.4 is 10.1 Å². The summed E-state index contributed by atoms with van der Waals surface area (Å²) in [5, 5.41) is 12.0. The molecule has 0 saturated heterocycles. The van der Waals surface area contributed by atoms with Gasteiger partial charge >= 0.3 is 0 Å². The molecule has 0 aliphatic rings. The zero-order valence-electron chi connectivity index (χ0n) is 14.3. The van der Waals surface area contributed by atoms with E-state index in [0.29, 0.717) is 5.16 Å². The molecule has 0 aliphatic carbocycles. The van der Waals surface area contributed by atoms with Crippen molar-refractivity contribution < 1.29 is 9.53 Å². The normalized spacial score (nSPS) is 10.6. The Bertz CT molecular complexity index is 912. The maximum Gasteiger partial charge on any atom is 0.234 e. The number of carbonyl (C=O) groups is 1. The lowest BCUT2D eigenvalue weighted by atomic mass is 10.2. The summed E-state index contributed by atoms with van der Waals surface area (Å²) in [6, 6.07) is 15.3. The monoisotopic (exact) mass is 480 g/mol. The van der Waals surface area contributed by atoms with Crippen LogP contribution in [-0.4, -0.2) is 33.5 Å². The summed E-state index contributed by atoms with van der Waals surface area (Å²) in [6.45, 7) is 0. The molecular weight excluding hydrogens is 463 g/mol. The second-order valence-electron chi connectivity index (χ2n) is 5.44. The van der Waals surface area contributed by atoms with E-state index in [4.69, 9.17) is 4.74 Å². The molecule has 26 heavy (non-hydrogen) atoms. The number of nitrogens with zero attached hydrogens (tertiary/aromatic N) is 3. The van der Waals surface area contributed by atoms with Crippen molar-refractivity contribution in [1.82, 2.24) is 14.8 Å². The number of aromatic nitrogens is 3. The van der Waals surface area contributed by atoms with Gasteiger partial charge in [-0.2, -0.15) is 0 Å². The zero-order valence-corrected chi connectivity index (χ0v) is 17.2. The van der Waals surface area contributed by atoms with Gasteiger partial charge in [0, 0.05) is 21.9 Å². The molecule has 1 heterocycles. The molecule has 1 aromatic heterocycles. The van der Waals surface area contributed by atoms with Gasteiger partial charge in [-0.1, -0.05) is 17.8 Å². The molecule has 0 saturated carbocycles. The minimum Gasteiger partial charge on any atom is -0.497 e. The third-order valence-electron chi connectivity index (χ3n) is 3.62. The Morgan fingerprint density at radius 1 is 1.23 bits per heavy atom. The van der Waals surface area contributed by atoms with Crippen molar-refractivity contribution in [2.75, 3.05) is 18.2 Å². The number of halogens is 1. The minimum atomic E-state index is -0.0778. The number of hydrogen-bond acceptors (Lipinski definition) is 5. The van der Waals surface area contributed by atoms with E-state index in [-0.39, 0.29) is 11.7 Å². The van der Waals surface area contributed by atoms with Gasteiger partial charge < -0.3 is 14.6 Å². The van der Waals surface area contributed by atoms with Gasteiger partial charge in [0.1, 0.15) is 5.75 Å². The first-order valence-electron chi connectivity index (χ1n) is 7.79. The highest BCUT2D eigenvalue weighted by atomic mass is 127. The van der Waals surface area contributed by atoms with Gasteiger partial charge in [-0.05, 0) is 65.1 Å². The molecule has 0 bridgehead atoms. The summed E-state index contributed by atoms with van der Waals surface area (Å²) in [7, 11) is 3.52. The molecule has 0 fully saturated rings. The molecule has 3 aromatic rings. The smallest absolute Gasteiger partial charge is 0.234 e. The molecular formula is C18H17IN4O2S. The van der Waals surface area contributed by atoms with Crippen LogP contribution in [0.3, 0.4) is 0 Å². The molecule has 1 amide bonds. The van der Waals surface area contributed by atoms with Crippen LogP contribution in [0.2, 0.25) is 0 Å². The number of benzene rings is 2. The highest BCUT2D eigenvalue weighted by Gasteiger charge is 2.13. The second-order valence-corrected chi connectivity index (χ2v) is 7.63. The number of amides is 1. The van der Waals surface area contributed by atoms with Gasteiger partial charge in [0.25, 0.3) is 0 Å². The first-order valence-corrected chi connectivity index (χ1v) is 9.85. The lowest BCUT2D eigenvalue weighted by molar-refractivity contribution is -0.113. The summed E-state index contributed by atoms with van der Waals surface area (Å²) in [4.78, 5) is 12.1. The molecule has 0 atom stereocenters. The van der Waals surface area contributed by atoms with E-state index in [0.717, 1.165) is 26.4 Å². The van der Waals surface area contributed by atoms with E-state index >= 15 is 0 Å². The fourth-order valence-corrected chi connectivity index (χ4v) is 3.58. The van der Waals surface area contributed by atoms with Gasteiger partial charge in [-0.25, -0.2) is 0 Å². The molecule has 0 spiro atoms. The molecule has 3 rings (SSSR count). The van der Waals surface area contributed by atoms with Gasteiger partial charge in [0.15, 0.2) is 11.0 Å². The maximum atomic E-state index is 12.1. The molecule has 6 nitrogen and oxygen atoms in total. The van der Waals surface area contributed by atoms with Gasteiger partial charge in [0.05, 0.1) is 12.9 Å². The summed E-state index contributed by atoms with van der Waals surface area (Å²) in [5.74, 6) is 1.72. The van der Waals surface area contributed by atoms with Gasteiger partial charge in [-0.15, -0.1) is 10.2 Å². The highest BCUT2D eigenvalue weighted by Crippen LogP contribution is 2.24. The summed E-state index contributed by atoms with van der Waals surface area (Å²) in [6.07, 6.45) is 0. The lowest BCUT2D eigenvalue weighted by Crippen LogP contribution is -2.14. The molecule has 2 aromatic carbocycles. The Morgan fingerprint density at radius 3 is 2.69 bits per heavy atom. The number of methoxy groups -OCH3 is 1. The van der Waals surface area contributed by atoms with E-state index in [2.05, 4.69) is 38.1 Å². The molecule has 0 radical (unpaired) electrons. The van der Waals surface area contributed by atoms with E-state index < -0.39 is 0 Å². The average molecular weight is 480 g/mol. The quantitative estimate of drug-likeness (QED) is 0.429. The largest absolute Gasteiger partial charge is 0.497 e. The lowest BCUT2D eigenvalue weighted by Gasteiger charge is -2.06. The van der Waals surface area contributed by atoms with Crippen LogP contribution in [0.15, 0.2) is 53.7 Å². The minimum absolute atomic E-state index is 0.0778. The zero-order chi connectivity index (χ0) is 18.5. The Kier molecular flexibility index (Phi) is 6.15. The number of anilines is 1. The van der Waals surface area contributed by atoms with Crippen molar-refractivity contribution in [2.24, 2.45) is 7.05 Å². The van der Waals surface area contributed by atoms with Crippen molar-refractivity contribution in [2.45, 2.75) is 5.16 Å². The molecule has 8 heteroatoms. The van der Waals surface area contributed by atoms with Crippen LogP contribution in [0, 0.1) is 3.57 Å².